The van der Waals surface area contributed by atoms with Crippen LogP contribution in [-0.4, -0.2) is 35.1 Å². The molecule has 0 radical (unpaired) electrons. The van der Waals surface area contributed by atoms with Gasteiger partial charge in [-0.25, -0.2) is 0 Å². The minimum atomic E-state index is 0.369. The molecule has 1 N–H and O–H groups in total. The Morgan fingerprint density at radius 2 is 2.35 bits per heavy atom. The van der Waals surface area contributed by atoms with Gasteiger partial charge in [0.2, 0.25) is 0 Å². The lowest BCUT2D eigenvalue weighted by Crippen LogP contribution is -2.40. The average molecular weight is 237 g/mol. The van der Waals surface area contributed by atoms with Crippen molar-refractivity contribution in [1.82, 2.24) is 15.1 Å². The Labute approximate surface area is 103 Å². The van der Waals surface area contributed by atoms with Crippen molar-refractivity contribution >= 4 is 0 Å². The highest BCUT2D eigenvalue weighted by atomic mass is 16.5. The van der Waals surface area contributed by atoms with Crippen LogP contribution in [0.1, 0.15) is 39.2 Å². The Bertz CT molecular complexity index is 306. The SMILES string of the molecule is C[C@H](NC[C@H]1CCCCO1)[C@@H](C)n1cccn1. The first-order chi connectivity index (χ1) is 8.27. The van der Waals surface area contributed by atoms with E-state index < -0.39 is 0 Å². The molecule has 0 amide bonds. The van der Waals surface area contributed by atoms with Crippen LogP contribution in [0.2, 0.25) is 0 Å². The maximum atomic E-state index is 5.71. The third kappa shape index (κ3) is 3.54. The van der Waals surface area contributed by atoms with Gasteiger partial charge in [0.25, 0.3) is 0 Å². The molecule has 1 fully saturated rings. The largest absolute Gasteiger partial charge is 0.377 e. The summed E-state index contributed by atoms with van der Waals surface area (Å²) >= 11 is 0. The molecule has 0 saturated carbocycles. The second-order valence-electron chi connectivity index (χ2n) is 4.91. The lowest BCUT2D eigenvalue weighted by Gasteiger charge is -2.27. The molecule has 1 aliphatic heterocycles. The van der Waals surface area contributed by atoms with E-state index in [1.807, 2.05) is 23.1 Å². The van der Waals surface area contributed by atoms with Crippen molar-refractivity contribution in [3.05, 3.63) is 18.5 Å². The van der Waals surface area contributed by atoms with Crippen LogP contribution >= 0.6 is 0 Å². The molecule has 3 atom stereocenters. The normalized spacial score (nSPS) is 24.5. The number of ether oxygens (including phenoxy) is 1. The topological polar surface area (TPSA) is 39.1 Å². The van der Waals surface area contributed by atoms with Crippen LogP contribution in [0.5, 0.6) is 0 Å². The fraction of sp³-hybridized carbons (Fsp3) is 0.769. The highest BCUT2D eigenvalue weighted by Gasteiger charge is 2.18. The molecule has 0 aromatic carbocycles. The fourth-order valence-electron chi connectivity index (χ4n) is 2.21. The highest BCUT2D eigenvalue weighted by Crippen LogP contribution is 2.13. The van der Waals surface area contributed by atoms with Crippen molar-refractivity contribution in [2.24, 2.45) is 0 Å². The summed E-state index contributed by atoms with van der Waals surface area (Å²) in [6.45, 7) is 6.27. The van der Waals surface area contributed by atoms with Gasteiger partial charge in [-0.1, -0.05) is 0 Å². The summed E-state index contributed by atoms with van der Waals surface area (Å²) in [4.78, 5) is 0. The molecule has 4 heteroatoms. The van der Waals surface area contributed by atoms with Crippen molar-refractivity contribution in [3.8, 4) is 0 Å². The zero-order chi connectivity index (χ0) is 12.1. The molecular weight excluding hydrogens is 214 g/mol. The second-order valence-corrected chi connectivity index (χ2v) is 4.91. The fourth-order valence-corrected chi connectivity index (χ4v) is 2.21. The van der Waals surface area contributed by atoms with Crippen LogP contribution in [0.4, 0.5) is 0 Å². The summed E-state index contributed by atoms with van der Waals surface area (Å²) in [5.41, 5.74) is 0. The van der Waals surface area contributed by atoms with E-state index in [0.717, 1.165) is 13.2 Å². The zero-order valence-electron chi connectivity index (χ0n) is 10.8. The van der Waals surface area contributed by atoms with Crippen LogP contribution in [0.15, 0.2) is 18.5 Å². The number of rotatable bonds is 5. The smallest absolute Gasteiger partial charge is 0.0699 e. The second kappa shape index (κ2) is 6.17. The van der Waals surface area contributed by atoms with E-state index >= 15 is 0 Å². The number of nitrogens with one attached hydrogen (secondary N) is 1. The van der Waals surface area contributed by atoms with Gasteiger partial charge in [0.15, 0.2) is 0 Å². The summed E-state index contributed by atoms with van der Waals surface area (Å²) in [7, 11) is 0. The molecule has 17 heavy (non-hydrogen) atoms. The maximum absolute atomic E-state index is 5.71. The van der Waals surface area contributed by atoms with Gasteiger partial charge in [-0.2, -0.15) is 5.10 Å². The number of aromatic nitrogens is 2. The zero-order valence-corrected chi connectivity index (χ0v) is 10.8. The van der Waals surface area contributed by atoms with Gasteiger partial charge in [-0.15, -0.1) is 0 Å². The Hall–Kier alpha value is -0.870. The van der Waals surface area contributed by atoms with E-state index in [-0.39, 0.29) is 0 Å². The molecule has 1 aromatic rings. The van der Waals surface area contributed by atoms with Gasteiger partial charge in [-0.3, -0.25) is 4.68 Å². The molecule has 4 nitrogen and oxygen atoms in total. The first-order valence-electron chi connectivity index (χ1n) is 6.61. The molecule has 1 aromatic heterocycles. The Morgan fingerprint density at radius 3 is 3.00 bits per heavy atom. The predicted molar refractivity (Wildman–Crippen MR) is 68.0 cm³/mol. The third-order valence-electron chi connectivity index (χ3n) is 3.61. The van der Waals surface area contributed by atoms with Crippen molar-refractivity contribution in [2.75, 3.05) is 13.2 Å². The molecule has 0 unspecified atom stereocenters. The van der Waals surface area contributed by atoms with Crippen LogP contribution in [-0.2, 0) is 4.74 Å². The van der Waals surface area contributed by atoms with Gasteiger partial charge in [-0.05, 0) is 39.2 Å². The van der Waals surface area contributed by atoms with E-state index in [4.69, 9.17) is 4.74 Å². The predicted octanol–water partition coefficient (Wildman–Crippen LogP) is 1.99. The van der Waals surface area contributed by atoms with E-state index in [2.05, 4.69) is 24.3 Å². The van der Waals surface area contributed by atoms with Crippen molar-refractivity contribution in [1.29, 1.82) is 0 Å². The first kappa shape index (κ1) is 12.6. The molecule has 96 valence electrons. The quantitative estimate of drug-likeness (QED) is 0.851. The van der Waals surface area contributed by atoms with Crippen LogP contribution in [0.25, 0.3) is 0 Å². The van der Waals surface area contributed by atoms with Crippen molar-refractivity contribution < 1.29 is 4.74 Å². The Kier molecular flexibility index (Phi) is 4.57. The lowest BCUT2D eigenvalue weighted by molar-refractivity contribution is 0.0147. The van der Waals surface area contributed by atoms with E-state index in [9.17, 15) is 0 Å². The van der Waals surface area contributed by atoms with Crippen LogP contribution in [0.3, 0.4) is 0 Å². The Balaban J connectivity index is 1.74. The molecule has 0 bridgehead atoms. The van der Waals surface area contributed by atoms with E-state index in [0.29, 0.717) is 18.2 Å². The molecule has 0 spiro atoms. The summed E-state index contributed by atoms with van der Waals surface area (Å²) in [5, 5.41) is 7.83. The average Bonchev–Trinajstić information content (AvgIpc) is 2.90. The third-order valence-corrected chi connectivity index (χ3v) is 3.61. The monoisotopic (exact) mass is 237 g/mol. The molecule has 2 rings (SSSR count). The first-order valence-corrected chi connectivity index (χ1v) is 6.61. The van der Waals surface area contributed by atoms with Gasteiger partial charge in [0, 0.05) is 31.6 Å². The molecule has 1 aliphatic rings. The molecule has 0 aliphatic carbocycles. The standard InChI is InChI=1S/C13H23N3O/c1-11(12(2)16-8-5-7-15-16)14-10-13-6-3-4-9-17-13/h5,7-8,11-14H,3-4,6,9-10H2,1-2H3/t11-,12+,13+/m0/s1. The van der Waals surface area contributed by atoms with Gasteiger partial charge < -0.3 is 10.1 Å². The summed E-state index contributed by atoms with van der Waals surface area (Å²) < 4.78 is 7.71. The summed E-state index contributed by atoms with van der Waals surface area (Å²) in [6.07, 6.45) is 7.95. The van der Waals surface area contributed by atoms with Gasteiger partial charge in [0.05, 0.1) is 12.1 Å². The molecular formula is C13H23N3O. The number of hydrogen-bond donors (Lipinski definition) is 1. The summed E-state index contributed by atoms with van der Waals surface area (Å²) in [6, 6.07) is 2.74. The highest BCUT2D eigenvalue weighted by molar-refractivity contribution is 4.84. The number of nitrogens with zero attached hydrogens (tertiary/aromatic N) is 2. The number of hydrogen-bond acceptors (Lipinski definition) is 3. The van der Waals surface area contributed by atoms with Gasteiger partial charge >= 0.3 is 0 Å². The lowest BCUT2D eigenvalue weighted by atomic mass is 10.1. The minimum absolute atomic E-state index is 0.369. The van der Waals surface area contributed by atoms with Crippen LogP contribution < -0.4 is 5.32 Å². The maximum Gasteiger partial charge on any atom is 0.0699 e. The Morgan fingerprint density at radius 1 is 1.47 bits per heavy atom. The minimum Gasteiger partial charge on any atom is -0.377 e. The van der Waals surface area contributed by atoms with Crippen LogP contribution in [0, 0.1) is 0 Å². The van der Waals surface area contributed by atoms with Gasteiger partial charge in [0.1, 0.15) is 0 Å². The van der Waals surface area contributed by atoms with Crippen molar-refractivity contribution in [3.63, 3.8) is 0 Å². The van der Waals surface area contributed by atoms with E-state index in [1.165, 1.54) is 19.3 Å². The molecule has 2 heterocycles. The van der Waals surface area contributed by atoms with Crippen molar-refractivity contribution in [2.45, 2.75) is 51.3 Å². The molecule has 1 saturated heterocycles. The summed E-state index contributed by atoms with van der Waals surface area (Å²) in [5.74, 6) is 0. The van der Waals surface area contributed by atoms with E-state index in [1.54, 1.807) is 0 Å².